The monoisotopic (exact) mass is 225 g/mol. The Hall–Kier alpha value is -1.55. The van der Waals surface area contributed by atoms with E-state index in [4.69, 9.17) is 17.3 Å². The fourth-order valence-corrected chi connectivity index (χ4v) is 1.50. The lowest BCUT2D eigenvalue weighted by molar-refractivity contribution is 0.631. The van der Waals surface area contributed by atoms with Crippen LogP contribution in [0.4, 0.5) is 10.2 Å². The van der Waals surface area contributed by atoms with E-state index in [9.17, 15) is 4.39 Å². The lowest BCUT2D eigenvalue weighted by atomic mass is 10.1. The van der Waals surface area contributed by atoms with Crippen molar-refractivity contribution in [2.75, 3.05) is 5.73 Å². The molecule has 0 radical (unpaired) electrons. The molecule has 3 nitrogen and oxygen atoms in total. The zero-order valence-electron chi connectivity index (χ0n) is 8.04. The first-order valence-corrected chi connectivity index (χ1v) is 4.69. The zero-order valence-corrected chi connectivity index (χ0v) is 8.79. The second kappa shape index (κ2) is 3.55. The van der Waals surface area contributed by atoms with Crippen molar-refractivity contribution in [2.24, 2.45) is 7.05 Å². The van der Waals surface area contributed by atoms with Crippen molar-refractivity contribution in [1.29, 1.82) is 0 Å². The minimum atomic E-state index is -0.384. The van der Waals surface area contributed by atoms with Crippen molar-refractivity contribution in [2.45, 2.75) is 0 Å². The van der Waals surface area contributed by atoms with Crippen molar-refractivity contribution >= 4 is 17.4 Å². The molecule has 15 heavy (non-hydrogen) atoms. The third-order valence-corrected chi connectivity index (χ3v) is 2.40. The predicted octanol–water partition coefficient (Wildman–Crippen LogP) is 2.46. The van der Waals surface area contributed by atoms with E-state index in [0.29, 0.717) is 22.1 Å². The Kier molecular flexibility index (Phi) is 2.36. The molecule has 2 aromatic rings. The summed E-state index contributed by atoms with van der Waals surface area (Å²) < 4.78 is 15.1. The lowest BCUT2D eigenvalue weighted by Gasteiger charge is -2.02. The van der Waals surface area contributed by atoms with Gasteiger partial charge in [-0.05, 0) is 18.2 Å². The molecule has 5 heteroatoms. The van der Waals surface area contributed by atoms with Crippen LogP contribution >= 0.6 is 11.6 Å². The molecule has 0 saturated heterocycles. The molecular formula is C10H9ClFN3. The first-order valence-electron chi connectivity index (χ1n) is 4.32. The molecule has 78 valence electrons. The van der Waals surface area contributed by atoms with Crippen LogP contribution in [0.2, 0.25) is 5.02 Å². The van der Waals surface area contributed by atoms with E-state index in [0.717, 1.165) is 0 Å². The molecule has 2 rings (SSSR count). The number of benzene rings is 1. The van der Waals surface area contributed by atoms with Gasteiger partial charge in [0.1, 0.15) is 17.3 Å². The van der Waals surface area contributed by atoms with E-state index >= 15 is 0 Å². The highest BCUT2D eigenvalue weighted by atomic mass is 35.5. The average Bonchev–Trinajstić information content (AvgIpc) is 2.52. The highest BCUT2D eigenvalue weighted by molar-refractivity contribution is 6.30. The van der Waals surface area contributed by atoms with Crippen LogP contribution < -0.4 is 5.73 Å². The molecule has 0 unspecified atom stereocenters. The quantitative estimate of drug-likeness (QED) is 0.810. The number of imidazole rings is 1. The highest BCUT2D eigenvalue weighted by Crippen LogP contribution is 2.28. The van der Waals surface area contributed by atoms with Crippen molar-refractivity contribution in [3.63, 3.8) is 0 Å². The molecule has 2 N–H and O–H groups in total. The van der Waals surface area contributed by atoms with Gasteiger partial charge >= 0.3 is 0 Å². The van der Waals surface area contributed by atoms with Crippen LogP contribution in [0.1, 0.15) is 0 Å². The van der Waals surface area contributed by atoms with E-state index < -0.39 is 0 Å². The number of nitrogens with zero attached hydrogens (tertiary/aromatic N) is 2. The summed E-state index contributed by atoms with van der Waals surface area (Å²) in [6.07, 6.45) is 1.53. The van der Waals surface area contributed by atoms with E-state index in [1.54, 1.807) is 11.6 Å². The zero-order chi connectivity index (χ0) is 11.0. The van der Waals surface area contributed by atoms with Gasteiger partial charge in [-0.3, -0.25) is 0 Å². The summed E-state index contributed by atoms with van der Waals surface area (Å²) in [6.45, 7) is 0. The van der Waals surface area contributed by atoms with Gasteiger partial charge in [0, 0.05) is 17.6 Å². The van der Waals surface area contributed by atoms with Crippen molar-refractivity contribution in [3.8, 4) is 11.3 Å². The van der Waals surface area contributed by atoms with Crippen molar-refractivity contribution in [3.05, 3.63) is 35.4 Å². The Morgan fingerprint density at radius 2 is 2.20 bits per heavy atom. The maximum atomic E-state index is 13.5. The number of aromatic nitrogens is 2. The Morgan fingerprint density at radius 1 is 1.47 bits per heavy atom. The van der Waals surface area contributed by atoms with Crippen LogP contribution in [-0.2, 0) is 7.05 Å². The standard InChI is InChI=1S/C10H9ClFN3/c1-15-5-14-9(10(15)13)7-4-6(11)2-3-8(7)12/h2-5H,13H2,1H3. The number of halogens is 2. The molecule has 0 aliphatic carbocycles. The van der Waals surface area contributed by atoms with Crippen LogP contribution in [-0.4, -0.2) is 9.55 Å². The molecule has 1 aromatic carbocycles. The minimum absolute atomic E-state index is 0.320. The number of rotatable bonds is 1. The first-order chi connectivity index (χ1) is 7.09. The minimum Gasteiger partial charge on any atom is -0.383 e. The normalized spacial score (nSPS) is 10.6. The Bertz CT molecular complexity index is 507. The van der Waals surface area contributed by atoms with E-state index in [1.165, 1.54) is 24.5 Å². The number of hydrogen-bond donors (Lipinski definition) is 1. The average molecular weight is 226 g/mol. The molecule has 0 aliphatic heterocycles. The van der Waals surface area contributed by atoms with Gasteiger partial charge in [-0.1, -0.05) is 11.6 Å². The number of hydrogen-bond acceptors (Lipinski definition) is 2. The third kappa shape index (κ3) is 1.68. The topological polar surface area (TPSA) is 43.8 Å². The third-order valence-electron chi connectivity index (χ3n) is 2.17. The summed E-state index contributed by atoms with van der Waals surface area (Å²) in [6, 6.07) is 4.29. The number of aryl methyl sites for hydroxylation is 1. The summed E-state index contributed by atoms with van der Waals surface area (Å²) in [4.78, 5) is 4.03. The van der Waals surface area contributed by atoms with Gasteiger partial charge in [0.2, 0.25) is 0 Å². The molecule has 1 aromatic heterocycles. The summed E-state index contributed by atoms with van der Waals surface area (Å²) >= 11 is 5.78. The Morgan fingerprint density at radius 3 is 2.80 bits per heavy atom. The van der Waals surface area contributed by atoms with E-state index in [-0.39, 0.29) is 5.82 Å². The summed E-state index contributed by atoms with van der Waals surface area (Å²) in [7, 11) is 1.74. The lowest BCUT2D eigenvalue weighted by Crippen LogP contribution is -1.96. The van der Waals surface area contributed by atoms with E-state index in [1.807, 2.05) is 0 Å². The SMILES string of the molecule is Cn1cnc(-c2cc(Cl)ccc2F)c1N. The van der Waals surface area contributed by atoms with Gasteiger partial charge < -0.3 is 10.3 Å². The highest BCUT2D eigenvalue weighted by Gasteiger charge is 2.12. The largest absolute Gasteiger partial charge is 0.383 e. The molecule has 0 aliphatic rings. The molecule has 0 amide bonds. The summed E-state index contributed by atoms with van der Waals surface area (Å²) in [5.41, 5.74) is 6.48. The fraction of sp³-hybridized carbons (Fsp3) is 0.100. The molecule has 0 bridgehead atoms. The second-order valence-electron chi connectivity index (χ2n) is 3.21. The van der Waals surface area contributed by atoms with Crippen LogP contribution in [0, 0.1) is 5.82 Å². The molecule has 0 saturated carbocycles. The second-order valence-corrected chi connectivity index (χ2v) is 3.65. The summed E-state index contributed by atoms with van der Waals surface area (Å²) in [5.74, 6) is 0.0287. The molecule has 0 atom stereocenters. The van der Waals surface area contributed by atoms with Crippen LogP contribution in [0.5, 0.6) is 0 Å². The molecular weight excluding hydrogens is 217 g/mol. The molecule has 0 fully saturated rings. The van der Waals surface area contributed by atoms with Gasteiger partial charge in [0.05, 0.1) is 6.33 Å². The number of nitrogens with two attached hydrogens (primary N) is 1. The fourth-order valence-electron chi connectivity index (χ4n) is 1.33. The van der Waals surface area contributed by atoms with Crippen LogP contribution in [0.3, 0.4) is 0 Å². The van der Waals surface area contributed by atoms with Gasteiger partial charge in [-0.25, -0.2) is 9.37 Å². The Balaban J connectivity index is 2.63. The number of nitrogen functional groups attached to an aromatic ring is 1. The van der Waals surface area contributed by atoms with Gasteiger partial charge in [0.25, 0.3) is 0 Å². The van der Waals surface area contributed by atoms with Gasteiger partial charge in [-0.15, -0.1) is 0 Å². The maximum Gasteiger partial charge on any atom is 0.132 e. The first kappa shape index (κ1) is 9.98. The van der Waals surface area contributed by atoms with Crippen molar-refractivity contribution < 1.29 is 4.39 Å². The predicted molar refractivity (Wildman–Crippen MR) is 58.0 cm³/mol. The van der Waals surface area contributed by atoms with Crippen LogP contribution in [0.15, 0.2) is 24.5 Å². The Labute approximate surface area is 91.3 Å². The van der Waals surface area contributed by atoms with Crippen LogP contribution in [0.25, 0.3) is 11.3 Å². The van der Waals surface area contributed by atoms with E-state index in [2.05, 4.69) is 4.98 Å². The smallest absolute Gasteiger partial charge is 0.132 e. The molecule has 1 heterocycles. The van der Waals surface area contributed by atoms with Gasteiger partial charge in [0.15, 0.2) is 0 Å². The maximum absolute atomic E-state index is 13.5. The van der Waals surface area contributed by atoms with Gasteiger partial charge in [-0.2, -0.15) is 0 Å². The number of anilines is 1. The summed E-state index contributed by atoms with van der Waals surface area (Å²) in [5, 5.41) is 0.455. The van der Waals surface area contributed by atoms with Crippen molar-refractivity contribution in [1.82, 2.24) is 9.55 Å². The molecule has 0 spiro atoms.